The molecule has 0 bridgehead atoms. The van der Waals surface area contributed by atoms with E-state index in [1.54, 1.807) is 0 Å². The van der Waals surface area contributed by atoms with Crippen molar-refractivity contribution in [2.45, 2.75) is 32.7 Å². The van der Waals surface area contributed by atoms with E-state index in [0.717, 1.165) is 11.1 Å². The number of benzene rings is 1. The average Bonchev–Trinajstić information content (AvgIpc) is 2.78. The zero-order valence-electron chi connectivity index (χ0n) is 12.5. The van der Waals surface area contributed by atoms with E-state index in [2.05, 4.69) is 10.6 Å². The number of carbonyl (C=O) groups excluding carboxylic acids is 4. The number of urea groups is 1. The largest absolute Gasteiger partial charge is 0.322 e. The van der Waals surface area contributed by atoms with Gasteiger partial charge in [0.2, 0.25) is 0 Å². The number of nitrogens with one attached hydrogen (secondary N) is 3. The Kier molecular flexibility index (Phi) is 4.25. The number of Topliss-reactive ketones (excluding diaryl/α,β-unsaturated/α-hetero) is 1. The molecule has 2 rings (SSSR count). The molecule has 1 aromatic carbocycles. The first-order valence-corrected chi connectivity index (χ1v) is 6.87. The van der Waals surface area contributed by atoms with Crippen LogP contribution >= 0.6 is 0 Å². The molecule has 1 atom stereocenters. The number of aryl methyl sites for hydroxylation is 1. The normalized spacial score (nSPS) is 17.2. The molecule has 116 valence electrons. The highest BCUT2D eigenvalue weighted by molar-refractivity contribution is 6.47. The molecule has 1 saturated heterocycles. The van der Waals surface area contributed by atoms with Gasteiger partial charge in [0, 0.05) is 5.69 Å². The molecule has 22 heavy (non-hydrogen) atoms. The Balaban J connectivity index is 2.21. The number of imide groups is 1. The third-order valence-corrected chi connectivity index (χ3v) is 3.43. The molecule has 1 heterocycles. The molecule has 0 saturated carbocycles. The van der Waals surface area contributed by atoms with E-state index in [4.69, 9.17) is 0 Å². The van der Waals surface area contributed by atoms with E-state index in [1.165, 1.54) is 0 Å². The van der Waals surface area contributed by atoms with Crippen molar-refractivity contribution < 1.29 is 19.2 Å². The quantitative estimate of drug-likeness (QED) is 0.435. The van der Waals surface area contributed by atoms with Crippen LogP contribution in [0.25, 0.3) is 0 Å². The summed E-state index contributed by atoms with van der Waals surface area (Å²) in [5.74, 6) is -2.60. The number of amides is 4. The van der Waals surface area contributed by atoms with Gasteiger partial charge in [0.15, 0.2) is 6.04 Å². The Morgan fingerprint density at radius 3 is 2.45 bits per heavy atom. The number of rotatable bonds is 4. The lowest BCUT2D eigenvalue weighted by Gasteiger charge is -2.16. The van der Waals surface area contributed by atoms with E-state index in [-0.39, 0.29) is 5.92 Å². The molecule has 1 aromatic rings. The fraction of sp³-hybridized carbons (Fsp3) is 0.333. The van der Waals surface area contributed by atoms with Crippen molar-refractivity contribution in [1.29, 1.82) is 0 Å². The van der Waals surface area contributed by atoms with Gasteiger partial charge in [-0.05, 0) is 24.0 Å². The van der Waals surface area contributed by atoms with E-state index >= 15 is 0 Å². The Labute approximate surface area is 127 Å². The highest BCUT2D eigenvalue weighted by Gasteiger charge is 2.39. The maximum Gasteiger partial charge on any atom is 0.322 e. The minimum Gasteiger partial charge on any atom is -0.319 e. The van der Waals surface area contributed by atoms with Crippen molar-refractivity contribution in [1.82, 2.24) is 10.6 Å². The van der Waals surface area contributed by atoms with Gasteiger partial charge in [0.25, 0.3) is 17.6 Å². The highest BCUT2D eigenvalue weighted by Crippen LogP contribution is 2.27. The van der Waals surface area contributed by atoms with Gasteiger partial charge in [0.1, 0.15) is 0 Å². The van der Waals surface area contributed by atoms with Gasteiger partial charge in [-0.3, -0.25) is 19.7 Å². The third kappa shape index (κ3) is 2.98. The summed E-state index contributed by atoms with van der Waals surface area (Å²) in [6.07, 6.45) is 0. The first kappa shape index (κ1) is 15.7. The molecule has 0 unspecified atom stereocenters. The molecule has 1 aliphatic heterocycles. The molecule has 0 radical (unpaired) electrons. The van der Waals surface area contributed by atoms with Crippen LogP contribution in [0.4, 0.5) is 10.5 Å². The summed E-state index contributed by atoms with van der Waals surface area (Å²) in [6, 6.07) is 3.29. The molecule has 0 aromatic heterocycles. The smallest absolute Gasteiger partial charge is 0.319 e. The van der Waals surface area contributed by atoms with E-state index < -0.39 is 29.7 Å². The van der Waals surface area contributed by atoms with Gasteiger partial charge in [-0.25, -0.2) is 4.79 Å². The topological polar surface area (TPSA) is 104 Å². The van der Waals surface area contributed by atoms with Crippen molar-refractivity contribution >= 4 is 29.3 Å². The first-order chi connectivity index (χ1) is 10.3. The predicted octanol–water partition coefficient (Wildman–Crippen LogP) is 0.834. The van der Waals surface area contributed by atoms with Crippen LogP contribution in [0.5, 0.6) is 0 Å². The molecular weight excluding hydrogens is 286 g/mol. The molecule has 1 fully saturated rings. The van der Waals surface area contributed by atoms with Crippen molar-refractivity contribution in [3.8, 4) is 0 Å². The van der Waals surface area contributed by atoms with Gasteiger partial charge in [-0.1, -0.05) is 32.0 Å². The van der Waals surface area contributed by atoms with E-state index in [1.807, 2.05) is 44.3 Å². The monoisotopic (exact) mass is 303 g/mol. The maximum absolute atomic E-state index is 12.1. The van der Waals surface area contributed by atoms with Crippen LogP contribution < -0.4 is 16.0 Å². The number of ketones is 1. The molecule has 4 amide bonds. The van der Waals surface area contributed by atoms with Crippen LogP contribution in [0.2, 0.25) is 0 Å². The summed E-state index contributed by atoms with van der Waals surface area (Å²) >= 11 is 0. The molecule has 7 nitrogen and oxygen atoms in total. The van der Waals surface area contributed by atoms with Crippen molar-refractivity contribution in [3.05, 3.63) is 29.3 Å². The summed E-state index contributed by atoms with van der Waals surface area (Å²) in [4.78, 5) is 46.5. The summed E-state index contributed by atoms with van der Waals surface area (Å²) in [7, 11) is 0. The van der Waals surface area contributed by atoms with Gasteiger partial charge >= 0.3 is 6.03 Å². The Morgan fingerprint density at radius 2 is 1.91 bits per heavy atom. The fourth-order valence-electron chi connectivity index (χ4n) is 2.25. The Morgan fingerprint density at radius 1 is 1.23 bits per heavy atom. The second kappa shape index (κ2) is 5.97. The van der Waals surface area contributed by atoms with Gasteiger partial charge in [-0.15, -0.1) is 0 Å². The summed E-state index contributed by atoms with van der Waals surface area (Å²) in [5, 5.41) is 6.58. The molecule has 0 aliphatic carbocycles. The number of carbonyl (C=O) groups is 4. The van der Waals surface area contributed by atoms with Crippen LogP contribution in [-0.4, -0.2) is 29.7 Å². The number of para-hydroxylation sites is 1. The molecule has 0 spiro atoms. The number of hydrogen-bond acceptors (Lipinski definition) is 4. The minimum absolute atomic E-state index is 0.153. The zero-order valence-corrected chi connectivity index (χ0v) is 12.5. The SMILES string of the molecule is Cc1cccc(C(C)C)c1NC(=O)C(=O)[C@@H]1NC(=O)NC1=O. The minimum atomic E-state index is -1.47. The van der Waals surface area contributed by atoms with Crippen LogP contribution in [-0.2, 0) is 14.4 Å². The van der Waals surface area contributed by atoms with Gasteiger partial charge in [0.05, 0.1) is 0 Å². The Hall–Kier alpha value is -2.70. The zero-order chi connectivity index (χ0) is 16.4. The molecule has 7 heteroatoms. The van der Waals surface area contributed by atoms with E-state index in [0.29, 0.717) is 5.69 Å². The predicted molar refractivity (Wildman–Crippen MR) is 79.4 cm³/mol. The lowest BCUT2D eigenvalue weighted by molar-refractivity contribution is -0.138. The van der Waals surface area contributed by atoms with Crippen LogP contribution in [0.3, 0.4) is 0 Å². The lowest BCUT2D eigenvalue weighted by atomic mass is 9.98. The highest BCUT2D eigenvalue weighted by atomic mass is 16.2. The lowest BCUT2D eigenvalue weighted by Crippen LogP contribution is -2.44. The van der Waals surface area contributed by atoms with Gasteiger partial charge < -0.3 is 10.6 Å². The van der Waals surface area contributed by atoms with Crippen LogP contribution in [0.15, 0.2) is 18.2 Å². The van der Waals surface area contributed by atoms with Crippen LogP contribution in [0, 0.1) is 6.92 Å². The van der Waals surface area contributed by atoms with Crippen molar-refractivity contribution in [2.24, 2.45) is 0 Å². The number of hydrogen-bond donors (Lipinski definition) is 3. The Bertz CT molecular complexity index is 667. The van der Waals surface area contributed by atoms with Crippen molar-refractivity contribution in [3.63, 3.8) is 0 Å². The number of anilines is 1. The third-order valence-electron chi connectivity index (χ3n) is 3.43. The summed E-state index contributed by atoms with van der Waals surface area (Å²) < 4.78 is 0. The van der Waals surface area contributed by atoms with Crippen molar-refractivity contribution in [2.75, 3.05) is 5.32 Å². The molecule has 3 N–H and O–H groups in total. The standard InChI is InChI=1S/C15H17N3O4/c1-7(2)9-6-4-5-8(3)10(9)16-14(21)12(19)11-13(20)18-15(22)17-11/h4-7,11H,1-3H3,(H,16,21)(H2,17,18,20,22)/t11-/m0/s1. The summed E-state index contributed by atoms with van der Waals surface area (Å²) in [5.41, 5.74) is 2.26. The second-order valence-corrected chi connectivity index (χ2v) is 5.41. The average molecular weight is 303 g/mol. The first-order valence-electron chi connectivity index (χ1n) is 6.87. The molecular formula is C15H17N3O4. The van der Waals surface area contributed by atoms with Gasteiger partial charge in [-0.2, -0.15) is 0 Å². The maximum atomic E-state index is 12.1. The van der Waals surface area contributed by atoms with E-state index in [9.17, 15) is 19.2 Å². The van der Waals surface area contributed by atoms with Crippen LogP contribution in [0.1, 0.15) is 30.9 Å². The second-order valence-electron chi connectivity index (χ2n) is 5.41. The fourth-order valence-corrected chi connectivity index (χ4v) is 2.25. The molecule has 1 aliphatic rings. The summed E-state index contributed by atoms with van der Waals surface area (Å²) in [6.45, 7) is 5.75.